The fourth-order valence-electron chi connectivity index (χ4n) is 3.98. The van der Waals surface area contributed by atoms with Gasteiger partial charge in [0, 0.05) is 26.6 Å². The number of amides is 2. The molecule has 2 heterocycles. The van der Waals surface area contributed by atoms with Gasteiger partial charge in [0.2, 0.25) is 11.8 Å². The quantitative estimate of drug-likeness (QED) is 0.837. The zero-order valence-electron chi connectivity index (χ0n) is 15.0. The van der Waals surface area contributed by atoms with Crippen molar-refractivity contribution in [2.75, 3.05) is 20.1 Å². The first kappa shape index (κ1) is 17.0. The minimum absolute atomic E-state index is 0.121. The molecule has 0 bridgehead atoms. The molecule has 2 fully saturated rings. The van der Waals surface area contributed by atoms with E-state index < -0.39 is 0 Å². The zero-order chi connectivity index (χ0) is 17.3. The summed E-state index contributed by atoms with van der Waals surface area (Å²) in [4.78, 5) is 29.2. The van der Waals surface area contributed by atoms with Crippen LogP contribution in [0.5, 0.6) is 0 Å². The van der Waals surface area contributed by atoms with E-state index in [2.05, 4.69) is 38.1 Å². The van der Waals surface area contributed by atoms with Crippen LogP contribution in [-0.2, 0) is 9.59 Å². The average molecular weight is 328 g/mol. The number of piperidine rings is 2. The van der Waals surface area contributed by atoms with Crippen molar-refractivity contribution in [2.24, 2.45) is 11.8 Å². The van der Waals surface area contributed by atoms with Gasteiger partial charge in [0.25, 0.3) is 0 Å². The molecule has 0 radical (unpaired) electrons. The Morgan fingerprint density at radius 2 is 1.71 bits per heavy atom. The molecule has 4 nitrogen and oxygen atoms in total. The smallest absolute Gasteiger partial charge is 0.228 e. The summed E-state index contributed by atoms with van der Waals surface area (Å²) >= 11 is 0. The summed E-state index contributed by atoms with van der Waals surface area (Å²) in [7, 11) is 1.84. The van der Waals surface area contributed by atoms with E-state index in [9.17, 15) is 9.59 Å². The van der Waals surface area contributed by atoms with Gasteiger partial charge in [0.1, 0.15) is 0 Å². The highest BCUT2D eigenvalue weighted by atomic mass is 16.2. The van der Waals surface area contributed by atoms with Gasteiger partial charge in [0.15, 0.2) is 0 Å². The Kier molecular flexibility index (Phi) is 4.93. The third-order valence-electron chi connectivity index (χ3n) is 5.69. The lowest BCUT2D eigenvalue weighted by Crippen LogP contribution is -2.49. The van der Waals surface area contributed by atoms with Gasteiger partial charge >= 0.3 is 0 Å². The van der Waals surface area contributed by atoms with Crippen LogP contribution in [0.2, 0.25) is 0 Å². The highest BCUT2D eigenvalue weighted by Gasteiger charge is 2.40. The summed E-state index contributed by atoms with van der Waals surface area (Å²) < 4.78 is 0. The van der Waals surface area contributed by atoms with Crippen molar-refractivity contribution in [3.63, 3.8) is 0 Å². The highest BCUT2D eigenvalue weighted by Crippen LogP contribution is 2.37. The van der Waals surface area contributed by atoms with E-state index in [-0.39, 0.29) is 23.8 Å². The van der Waals surface area contributed by atoms with Crippen molar-refractivity contribution in [3.05, 3.63) is 35.4 Å². The molecule has 2 saturated heterocycles. The van der Waals surface area contributed by atoms with Crippen LogP contribution in [0.15, 0.2) is 24.3 Å². The zero-order valence-corrected chi connectivity index (χ0v) is 15.0. The molecule has 0 aromatic heterocycles. The van der Waals surface area contributed by atoms with Crippen LogP contribution in [0.25, 0.3) is 0 Å². The molecule has 0 unspecified atom stereocenters. The number of hydrogen-bond donors (Lipinski definition) is 0. The molecular weight excluding hydrogens is 300 g/mol. The van der Waals surface area contributed by atoms with E-state index in [0.717, 1.165) is 31.5 Å². The standard InChI is InChI=1S/C20H28N2O2/c1-14-4-6-16(7-5-14)19-17(8-9-18(23)21(19)3)20(24)22-12-10-15(2)11-13-22/h4-7,15,17,19H,8-13H2,1-3H3/t17-,19-/m1/s1. The maximum Gasteiger partial charge on any atom is 0.228 e. The highest BCUT2D eigenvalue weighted by molar-refractivity contribution is 5.85. The average Bonchev–Trinajstić information content (AvgIpc) is 2.58. The van der Waals surface area contributed by atoms with Crippen LogP contribution in [0, 0.1) is 18.8 Å². The molecule has 1 aromatic rings. The lowest BCUT2D eigenvalue weighted by atomic mass is 9.83. The maximum absolute atomic E-state index is 13.2. The van der Waals surface area contributed by atoms with E-state index in [1.807, 2.05) is 11.9 Å². The first-order chi connectivity index (χ1) is 11.5. The predicted molar refractivity (Wildman–Crippen MR) is 94.4 cm³/mol. The van der Waals surface area contributed by atoms with Crippen LogP contribution >= 0.6 is 0 Å². The van der Waals surface area contributed by atoms with Crippen LogP contribution in [0.3, 0.4) is 0 Å². The lowest BCUT2D eigenvalue weighted by molar-refractivity contribution is -0.147. The van der Waals surface area contributed by atoms with Gasteiger partial charge in [-0.15, -0.1) is 0 Å². The summed E-state index contributed by atoms with van der Waals surface area (Å²) in [5.74, 6) is 0.949. The maximum atomic E-state index is 13.2. The van der Waals surface area contributed by atoms with Crippen molar-refractivity contribution in [1.82, 2.24) is 9.80 Å². The number of nitrogens with zero attached hydrogens (tertiary/aromatic N) is 2. The van der Waals surface area contributed by atoms with Crippen LogP contribution in [0.4, 0.5) is 0 Å². The summed E-state index contributed by atoms with van der Waals surface area (Å²) in [5.41, 5.74) is 2.26. The lowest BCUT2D eigenvalue weighted by Gasteiger charge is -2.41. The van der Waals surface area contributed by atoms with Crippen molar-refractivity contribution < 1.29 is 9.59 Å². The number of carbonyl (C=O) groups excluding carboxylic acids is 2. The van der Waals surface area contributed by atoms with Gasteiger partial charge in [-0.1, -0.05) is 36.8 Å². The number of carbonyl (C=O) groups is 2. The monoisotopic (exact) mass is 328 g/mol. The van der Waals surface area contributed by atoms with Gasteiger partial charge in [-0.3, -0.25) is 9.59 Å². The number of hydrogen-bond acceptors (Lipinski definition) is 2. The predicted octanol–water partition coefficient (Wildman–Crippen LogP) is 3.16. The Labute approximate surface area is 144 Å². The summed E-state index contributed by atoms with van der Waals surface area (Å²) in [6.07, 6.45) is 3.30. The Bertz CT molecular complexity index is 603. The summed E-state index contributed by atoms with van der Waals surface area (Å²) in [6.45, 7) is 6.02. The van der Waals surface area contributed by atoms with Crippen LogP contribution < -0.4 is 0 Å². The molecule has 0 saturated carbocycles. The second-order valence-electron chi connectivity index (χ2n) is 7.51. The first-order valence-electron chi connectivity index (χ1n) is 9.08. The molecule has 1 aromatic carbocycles. The molecule has 0 aliphatic carbocycles. The van der Waals surface area contributed by atoms with Crippen molar-refractivity contribution in [2.45, 2.75) is 45.6 Å². The van der Waals surface area contributed by atoms with Crippen molar-refractivity contribution in [1.29, 1.82) is 0 Å². The number of likely N-dealkylation sites (tertiary alicyclic amines) is 2. The normalized spacial score (nSPS) is 25.9. The van der Waals surface area contributed by atoms with Gasteiger partial charge in [-0.25, -0.2) is 0 Å². The minimum atomic E-state index is -0.140. The Morgan fingerprint density at radius 1 is 1.08 bits per heavy atom. The summed E-state index contributed by atoms with van der Waals surface area (Å²) in [6, 6.07) is 8.11. The summed E-state index contributed by atoms with van der Waals surface area (Å²) in [5, 5.41) is 0. The Morgan fingerprint density at radius 3 is 2.33 bits per heavy atom. The Hall–Kier alpha value is -1.84. The van der Waals surface area contributed by atoms with E-state index >= 15 is 0 Å². The molecule has 2 aliphatic rings. The third-order valence-corrected chi connectivity index (χ3v) is 5.69. The molecular formula is C20H28N2O2. The molecule has 24 heavy (non-hydrogen) atoms. The van der Waals surface area contributed by atoms with Crippen molar-refractivity contribution >= 4 is 11.8 Å². The van der Waals surface area contributed by atoms with E-state index in [1.54, 1.807) is 4.90 Å². The van der Waals surface area contributed by atoms with Crippen LogP contribution in [-0.4, -0.2) is 41.8 Å². The topological polar surface area (TPSA) is 40.6 Å². The minimum Gasteiger partial charge on any atom is -0.342 e. The van der Waals surface area contributed by atoms with E-state index in [0.29, 0.717) is 18.8 Å². The van der Waals surface area contributed by atoms with Gasteiger partial charge in [0.05, 0.1) is 12.0 Å². The Balaban J connectivity index is 1.84. The molecule has 2 atom stereocenters. The number of aryl methyl sites for hydroxylation is 1. The fourth-order valence-corrected chi connectivity index (χ4v) is 3.98. The second-order valence-corrected chi connectivity index (χ2v) is 7.51. The molecule has 0 spiro atoms. The SMILES string of the molecule is Cc1ccc([C@@H]2[C@H](C(=O)N3CCC(C)CC3)CCC(=O)N2C)cc1. The van der Waals surface area contributed by atoms with Gasteiger partial charge in [-0.2, -0.15) is 0 Å². The molecule has 130 valence electrons. The largest absolute Gasteiger partial charge is 0.342 e. The van der Waals surface area contributed by atoms with E-state index in [1.165, 1.54) is 5.56 Å². The third kappa shape index (κ3) is 3.33. The molecule has 0 N–H and O–H groups in total. The molecule has 4 heteroatoms. The van der Waals surface area contributed by atoms with Gasteiger partial charge in [-0.05, 0) is 37.7 Å². The molecule has 2 aliphatic heterocycles. The van der Waals surface area contributed by atoms with Gasteiger partial charge < -0.3 is 9.80 Å². The molecule has 2 amide bonds. The van der Waals surface area contributed by atoms with Crippen LogP contribution in [0.1, 0.15) is 49.8 Å². The van der Waals surface area contributed by atoms with E-state index in [4.69, 9.17) is 0 Å². The number of benzene rings is 1. The fraction of sp³-hybridized carbons (Fsp3) is 0.600. The molecule has 3 rings (SSSR count). The number of rotatable bonds is 2. The van der Waals surface area contributed by atoms with Crippen molar-refractivity contribution in [3.8, 4) is 0 Å². The first-order valence-corrected chi connectivity index (χ1v) is 9.08. The second kappa shape index (κ2) is 6.96.